The van der Waals surface area contributed by atoms with Crippen molar-refractivity contribution in [2.45, 2.75) is 144 Å². The van der Waals surface area contributed by atoms with E-state index >= 15 is 0 Å². The van der Waals surface area contributed by atoms with E-state index in [4.69, 9.17) is 4.74 Å². The van der Waals surface area contributed by atoms with Gasteiger partial charge in [0.25, 0.3) is 0 Å². The van der Waals surface area contributed by atoms with Gasteiger partial charge >= 0.3 is 6.09 Å². The van der Waals surface area contributed by atoms with Crippen molar-refractivity contribution in [3.63, 3.8) is 0 Å². The van der Waals surface area contributed by atoms with Gasteiger partial charge in [0.15, 0.2) is 0 Å². The van der Waals surface area contributed by atoms with Crippen molar-refractivity contribution in [3.05, 3.63) is 0 Å². The molecule has 0 bridgehead atoms. The molecule has 0 aliphatic heterocycles. The van der Waals surface area contributed by atoms with Crippen LogP contribution < -0.4 is 10.6 Å². The molecule has 5 heteroatoms. The van der Waals surface area contributed by atoms with Crippen LogP contribution >= 0.6 is 0 Å². The summed E-state index contributed by atoms with van der Waals surface area (Å²) in [5.41, 5.74) is 0.0831. The molecule has 5 nitrogen and oxygen atoms in total. The highest BCUT2D eigenvalue weighted by Crippen LogP contribution is 2.68. The summed E-state index contributed by atoms with van der Waals surface area (Å²) < 4.78 is 5.33. The molecule has 0 aromatic rings. The molecule has 4 fully saturated rings. The molecule has 4 rings (SSSR count). The van der Waals surface area contributed by atoms with E-state index in [1.165, 1.54) is 70.6 Å². The Bertz CT molecular complexity index is 865. The lowest BCUT2D eigenvalue weighted by Crippen LogP contribution is -2.62. The Hall–Kier alpha value is -1.26. The Labute approximate surface area is 239 Å². The molecular formula is C34H60N2O3. The number of hydrogen-bond acceptors (Lipinski definition) is 3. The summed E-state index contributed by atoms with van der Waals surface area (Å²) >= 11 is 0. The largest absolute Gasteiger partial charge is 0.444 e. The summed E-state index contributed by atoms with van der Waals surface area (Å²) in [5, 5.41) is 6.10. The molecule has 9 atom stereocenters. The van der Waals surface area contributed by atoms with Crippen LogP contribution in [0.2, 0.25) is 0 Å². The maximum atomic E-state index is 13.1. The van der Waals surface area contributed by atoms with Gasteiger partial charge in [0, 0.05) is 6.04 Å². The zero-order valence-electron chi connectivity index (χ0n) is 26.5. The van der Waals surface area contributed by atoms with Crippen LogP contribution in [0.1, 0.15) is 132 Å². The van der Waals surface area contributed by atoms with Crippen LogP contribution in [0.4, 0.5) is 4.79 Å². The van der Waals surface area contributed by atoms with Gasteiger partial charge in [-0.05, 0) is 124 Å². The number of rotatable bonds is 8. The summed E-state index contributed by atoms with van der Waals surface area (Å²) in [4.78, 5) is 25.2. The fraction of sp³-hybridized carbons (Fsp3) is 0.941. The van der Waals surface area contributed by atoms with Gasteiger partial charge in [0.1, 0.15) is 12.1 Å². The molecule has 0 aromatic heterocycles. The van der Waals surface area contributed by atoms with E-state index < -0.39 is 11.7 Å². The van der Waals surface area contributed by atoms with Gasteiger partial charge in [-0.25, -0.2) is 4.79 Å². The SMILES string of the molecule is CC(C)CCC[C@@H](C)[C@H]1CC[C@H]2[C@@H]3CCC4CCCC(NC(=O)CNC(=O)OC(C)(C)C)[C@]4(C)[C@H]3CC[C@]12C. The lowest BCUT2D eigenvalue weighted by atomic mass is 9.43. The average Bonchev–Trinajstić information content (AvgIpc) is 3.19. The molecule has 4 aliphatic carbocycles. The predicted octanol–water partition coefficient (Wildman–Crippen LogP) is 8.12. The van der Waals surface area contributed by atoms with Crippen molar-refractivity contribution >= 4 is 12.0 Å². The average molecular weight is 545 g/mol. The van der Waals surface area contributed by atoms with E-state index in [-0.39, 0.29) is 23.9 Å². The van der Waals surface area contributed by atoms with Gasteiger partial charge in [0.05, 0.1) is 0 Å². The van der Waals surface area contributed by atoms with Gasteiger partial charge in [-0.15, -0.1) is 0 Å². The van der Waals surface area contributed by atoms with Crippen LogP contribution in [0.25, 0.3) is 0 Å². The number of amides is 2. The van der Waals surface area contributed by atoms with E-state index in [2.05, 4.69) is 45.3 Å². The molecule has 0 spiro atoms. The molecule has 0 aromatic carbocycles. The van der Waals surface area contributed by atoms with Crippen molar-refractivity contribution in [1.29, 1.82) is 0 Å². The minimum Gasteiger partial charge on any atom is -0.444 e. The smallest absolute Gasteiger partial charge is 0.408 e. The maximum absolute atomic E-state index is 13.1. The highest BCUT2D eigenvalue weighted by atomic mass is 16.6. The molecule has 2 unspecified atom stereocenters. The Morgan fingerprint density at radius 1 is 0.923 bits per heavy atom. The van der Waals surface area contributed by atoms with Crippen LogP contribution in [0.5, 0.6) is 0 Å². The zero-order valence-corrected chi connectivity index (χ0v) is 26.5. The zero-order chi connectivity index (χ0) is 28.6. The number of fused-ring (bicyclic) bond motifs is 5. The minimum absolute atomic E-state index is 0.0165. The van der Waals surface area contributed by atoms with Crippen LogP contribution in [0.3, 0.4) is 0 Å². The highest BCUT2D eigenvalue weighted by Gasteiger charge is 2.62. The fourth-order valence-electron chi connectivity index (χ4n) is 10.3. The minimum atomic E-state index is -0.567. The third kappa shape index (κ3) is 6.48. The van der Waals surface area contributed by atoms with Gasteiger partial charge in [-0.3, -0.25) is 4.79 Å². The molecule has 224 valence electrons. The maximum Gasteiger partial charge on any atom is 0.408 e. The Balaban J connectivity index is 1.42. The summed E-state index contributed by atoms with van der Waals surface area (Å²) in [6.45, 7) is 18.0. The first-order valence-electron chi connectivity index (χ1n) is 16.5. The molecule has 0 radical (unpaired) electrons. The predicted molar refractivity (Wildman–Crippen MR) is 159 cm³/mol. The van der Waals surface area contributed by atoms with E-state index in [0.29, 0.717) is 17.3 Å². The van der Waals surface area contributed by atoms with Crippen molar-refractivity contribution < 1.29 is 14.3 Å². The second-order valence-corrected chi connectivity index (χ2v) is 16.0. The first-order chi connectivity index (χ1) is 18.3. The van der Waals surface area contributed by atoms with Gasteiger partial charge < -0.3 is 15.4 Å². The Morgan fingerprint density at radius 2 is 1.67 bits per heavy atom. The fourth-order valence-corrected chi connectivity index (χ4v) is 10.3. The van der Waals surface area contributed by atoms with Gasteiger partial charge in [-0.2, -0.15) is 0 Å². The van der Waals surface area contributed by atoms with Gasteiger partial charge in [-0.1, -0.05) is 60.3 Å². The molecule has 2 amide bonds. The van der Waals surface area contributed by atoms with E-state index in [1.807, 2.05) is 20.8 Å². The normalized spacial score (nSPS) is 38.8. The molecule has 0 saturated heterocycles. The van der Waals surface area contributed by atoms with Crippen LogP contribution in [0, 0.1) is 52.3 Å². The second kappa shape index (κ2) is 11.9. The van der Waals surface area contributed by atoms with E-state index in [9.17, 15) is 9.59 Å². The number of alkyl carbamates (subject to hydrolysis) is 1. The van der Waals surface area contributed by atoms with Crippen LogP contribution in [0.15, 0.2) is 0 Å². The van der Waals surface area contributed by atoms with E-state index in [1.54, 1.807) is 0 Å². The number of hydrogen-bond donors (Lipinski definition) is 2. The standard InChI is InChI=1S/C34H60N2O3/c1-22(2)11-9-12-23(3)26-17-18-27-25-16-15-24-13-10-14-29(34(24,8)28(25)19-20-33(26,27)7)36-30(37)21-35-31(38)39-32(4,5)6/h22-29H,9-21H2,1-8H3,(H,35,38)(H,36,37)/t23-,24?,25+,26-,27+,28+,29?,33-,34+/m1/s1. The summed E-state index contributed by atoms with van der Waals surface area (Å²) in [5.74, 6) is 5.50. The Morgan fingerprint density at radius 3 is 2.36 bits per heavy atom. The van der Waals surface area contributed by atoms with Crippen molar-refractivity contribution in [1.82, 2.24) is 10.6 Å². The number of ether oxygens (including phenoxy) is 1. The topological polar surface area (TPSA) is 67.4 Å². The Kier molecular flexibility index (Phi) is 9.38. The van der Waals surface area contributed by atoms with E-state index in [0.717, 1.165) is 36.0 Å². The summed E-state index contributed by atoms with van der Waals surface area (Å²) in [7, 11) is 0. The molecule has 2 N–H and O–H groups in total. The highest BCUT2D eigenvalue weighted by molar-refractivity contribution is 5.82. The van der Waals surface area contributed by atoms with Gasteiger partial charge in [0.2, 0.25) is 5.91 Å². The summed E-state index contributed by atoms with van der Waals surface area (Å²) in [6.07, 6.45) is 15.4. The van der Waals surface area contributed by atoms with Crippen LogP contribution in [-0.4, -0.2) is 30.2 Å². The van der Waals surface area contributed by atoms with Crippen molar-refractivity contribution in [2.24, 2.45) is 52.3 Å². The third-order valence-electron chi connectivity index (χ3n) is 12.1. The second-order valence-electron chi connectivity index (χ2n) is 16.0. The van der Waals surface area contributed by atoms with Crippen LogP contribution in [-0.2, 0) is 9.53 Å². The number of carbonyl (C=O) groups excluding carboxylic acids is 2. The van der Waals surface area contributed by atoms with Crippen molar-refractivity contribution in [2.75, 3.05) is 6.54 Å². The molecule has 4 aliphatic rings. The number of carbonyl (C=O) groups is 2. The third-order valence-corrected chi connectivity index (χ3v) is 12.1. The first-order valence-corrected chi connectivity index (χ1v) is 16.5. The summed E-state index contributed by atoms with van der Waals surface area (Å²) in [6, 6.07) is 0.202. The molecular weight excluding hydrogens is 484 g/mol. The molecule has 0 heterocycles. The quantitative estimate of drug-likeness (QED) is 0.324. The lowest BCUT2D eigenvalue weighted by molar-refractivity contribution is -0.138. The molecule has 4 saturated carbocycles. The number of nitrogens with one attached hydrogen (secondary N) is 2. The molecule has 39 heavy (non-hydrogen) atoms. The van der Waals surface area contributed by atoms with Crippen molar-refractivity contribution in [3.8, 4) is 0 Å². The first kappa shape index (κ1) is 30.7. The lowest BCUT2D eigenvalue weighted by Gasteiger charge is -2.63. The monoisotopic (exact) mass is 544 g/mol.